The van der Waals surface area contributed by atoms with Crippen molar-refractivity contribution in [3.05, 3.63) is 83.0 Å². The van der Waals surface area contributed by atoms with E-state index in [9.17, 15) is 4.79 Å². The summed E-state index contributed by atoms with van der Waals surface area (Å²) >= 11 is 0. The normalized spacial score (nSPS) is 13.2. The van der Waals surface area contributed by atoms with E-state index in [4.69, 9.17) is 4.98 Å². The first kappa shape index (κ1) is 22.0. The quantitative estimate of drug-likeness (QED) is 0.509. The second-order valence-corrected chi connectivity index (χ2v) is 8.49. The van der Waals surface area contributed by atoms with Crippen molar-refractivity contribution in [3.63, 3.8) is 0 Å². The summed E-state index contributed by atoms with van der Waals surface area (Å²) in [5, 5.41) is 0. The Hall–Kier alpha value is -3.18. The molecule has 1 aliphatic heterocycles. The van der Waals surface area contributed by atoms with Gasteiger partial charge in [0.05, 0.1) is 16.9 Å². The summed E-state index contributed by atoms with van der Waals surface area (Å²) in [5.74, 6) is 0.773. The van der Waals surface area contributed by atoms with Crippen LogP contribution in [0.1, 0.15) is 40.5 Å². The number of fused-ring (bicyclic) bond motifs is 2. The topological polar surface area (TPSA) is 39.7 Å². The third kappa shape index (κ3) is 4.39. The van der Waals surface area contributed by atoms with Gasteiger partial charge in [-0.25, -0.2) is 4.98 Å². The van der Waals surface area contributed by atoms with Crippen LogP contribution in [0.3, 0.4) is 0 Å². The number of carbonyl (C=O) groups is 1. The monoisotopic (exact) mass is 428 g/mol. The molecule has 4 rings (SSSR count). The standard InChI is InChI=1S/C27H32N4O/c1-5-30(19-22-12-7-6-8-13-22)16-11-17-31-24-15-10-9-14-23(24)29(4)27(32)25-20(2)18-21(3)28-26(25)31/h6-10,12-15,18H,5,11,16-17,19H2,1-4H3. The van der Waals surface area contributed by atoms with E-state index in [1.165, 1.54) is 5.56 Å². The summed E-state index contributed by atoms with van der Waals surface area (Å²) in [6, 6.07) is 20.7. The number of anilines is 3. The van der Waals surface area contributed by atoms with Gasteiger partial charge < -0.3 is 9.80 Å². The fourth-order valence-corrected chi connectivity index (χ4v) is 4.51. The third-order valence-corrected chi connectivity index (χ3v) is 6.19. The van der Waals surface area contributed by atoms with Crippen LogP contribution in [0.5, 0.6) is 0 Å². The molecule has 0 atom stereocenters. The molecule has 0 unspecified atom stereocenters. The number of aryl methyl sites for hydroxylation is 2. The van der Waals surface area contributed by atoms with Crippen LogP contribution in [0, 0.1) is 13.8 Å². The number of benzene rings is 2. The zero-order valence-electron chi connectivity index (χ0n) is 19.5. The van der Waals surface area contributed by atoms with E-state index < -0.39 is 0 Å². The van der Waals surface area contributed by atoms with Crippen LogP contribution in [0.25, 0.3) is 0 Å². The summed E-state index contributed by atoms with van der Waals surface area (Å²) < 4.78 is 0. The van der Waals surface area contributed by atoms with Crippen molar-refractivity contribution in [1.29, 1.82) is 0 Å². The smallest absolute Gasteiger partial charge is 0.262 e. The molecule has 0 spiro atoms. The van der Waals surface area contributed by atoms with Gasteiger partial charge >= 0.3 is 0 Å². The molecule has 0 saturated carbocycles. The highest BCUT2D eigenvalue weighted by atomic mass is 16.2. The molecule has 5 nitrogen and oxygen atoms in total. The van der Waals surface area contributed by atoms with Crippen molar-refractivity contribution < 1.29 is 4.79 Å². The Labute approximate surface area is 191 Å². The highest BCUT2D eigenvalue weighted by Gasteiger charge is 2.31. The van der Waals surface area contributed by atoms with Crippen LogP contribution in [-0.2, 0) is 6.54 Å². The first-order valence-corrected chi connectivity index (χ1v) is 11.4. The second kappa shape index (κ2) is 9.53. The molecule has 1 amide bonds. The van der Waals surface area contributed by atoms with E-state index in [1.54, 1.807) is 4.90 Å². The summed E-state index contributed by atoms with van der Waals surface area (Å²) in [7, 11) is 1.85. The van der Waals surface area contributed by atoms with E-state index >= 15 is 0 Å². The van der Waals surface area contributed by atoms with Gasteiger partial charge in [0.25, 0.3) is 5.91 Å². The summed E-state index contributed by atoms with van der Waals surface area (Å²) in [5.41, 5.74) is 5.89. The molecule has 2 heterocycles. The molecule has 0 fully saturated rings. The van der Waals surface area contributed by atoms with Crippen molar-refractivity contribution >= 4 is 23.1 Å². The van der Waals surface area contributed by atoms with Crippen LogP contribution in [0.4, 0.5) is 17.2 Å². The molecule has 0 radical (unpaired) electrons. The molecular formula is C27H32N4O. The van der Waals surface area contributed by atoms with Crippen LogP contribution < -0.4 is 9.80 Å². The number of hydrogen-bond donors (Lipinski definition) is 0. The fraction of sp³-hybridized carbons (Fsp3) is 0.333. The number of carbonyl (C=O) groups excluding carboxylic acids is 1. The fourth-order valence-electron chi connectivity index (χ4n) is 4.51. The first-order chi connectivity index (χ1) is 15.5. The van der Waals surface area contributed by atoms with Crippen LogP contribution in [0.2, 0.25) is 0 Å². The van der Waals surface area contributed by atoms with E-state index in [-0.39, 0.29) is 5.91 Å². The molecule has 1 aliphatic rings. The van der Waals surface area contributed by atoms with Crippen LogP contribution >= 0.6 is 0 Å². The first-order valence-electron chi connectivity index (χ1n) is 11.4. The van der Waals surface area contributed by atoms with Gasteiger partial charge in [0.1, 0.15) is 5.82 Å². The summed E-state index contributed by atoms with van der Waals surface area (Å²) in [4.78, 5) is 24.7. The molecular weight excluding hydrogens is 396 g/mol. The van der Waals surface area contributed by atoms with E-state index in [0.717, 1.165) is 61.0 Å². The Morgan fingerprint density at radius 3 is 2.38 bits per heavy atom. The van der Waals surface area contributed by atoms with Crippen LogP contribution in [-0.4, -0.2) is 42.5 Å². The third-order valence-electron chi connectivity index (χ3n) is 6.19. The Balaban J connectivity index is 1.62. The minimum absolute atomic E-state index is 0.000729. The molecule has 0 bridgehead atoms. The average molecular weight is 429 g/mol. The van der Waals surface area contributed by atoms with Gasteiger partial charge in [-0.3, -0.25) is 9.69 Å². The van der Waals surface area contributed by atoms with Crippen molar-refractivity contribution in [1.82, 2.24) is 9.88 Å². The maximum Gasteiger partial charge on any atom is 0.262 e. The zero-order valence-corrected chi connectivity index (χ0v) is 19.5. The number of aromatic nitrogens is 1. The van der Waals surface area contributed by atoms with Crippen molar-refractivity contribution in [3.8, 4) is 0 Å². The highest BCUT2D eigenvalue weighted by molar-refractivity contribution is 6.13. The summed E-state index contributed by atoms with van der Waals surface area (Å²) in [6.45, 7) is 9.94. The van der Waals surface area contributed by atoms with E-state index in [2.05, 4.69) is 53.1 Å². The highest BCUT2D eigenvalue weighted by Crippen LogP contribution is 2.40. The lowest BCUT2D eigenvalue weighted by Crippen LogP contribution is -2.28. The Kier molecular flexibility index (Phi) is 6.56. The lowest BCUT2D eigenvalue weighted by molar-refractivity contribution is 0.0993. The molecule has 0 N–H and O–H groups in total. The Morgan fingerprint density at radius 1 is 0.969 bits per heavy atom. The zero-order chi connectivity index (χ0) is 22.7. The molecule has 0 saturated heterocycles. The largest absolute Gasteiger partial charge is 0.324 e. The molecule has 32 heavy (non-hydrogen) atoms. The number of rotatable bonds is 7. The number of amides is 1. The van der Waals surface area contributed by atoms with Crippen molar-refractivity contribution in [2.24, 2.45) is 0 Å². The minimum Gasteiger partial charge on any atom is -0.324 e. The molecule has 166 valence electrons. The van der Waals surface area contributed by atoms with E-state index in [1.807, 2.05) is 45.2 Å². The van der Waals surface area contributed by atoms with Gasteiger partial charge in [0, 0.05) is 32.4 Å². The lowest BCUT2D eigenvalue weighted by atomic mass is 10.1. The number of pyridine rings is 1. The lowest BCUT2D eigenvalue weighted by Gasteiger charge is -2.28. The van der Waals surface area contributed by atoms with Gasteiger partial charge in [-0.1, -0.05) is 49.4 Å². The predicted octanol–water partition coefficient (Wildman–Crippen LogP) is 5.34. The molecule has 5 heteroatoms. The van der Waals surface area contributed by atoms with Gasteiger partial charge in [-0.05, 0) is 56.1 Å². The average Bonchev–Trinajstić information content (AvgIpc) is 2.88. The SMILES string of the molecule is CCN(CCCN1c2ccccc2N(C)C(=O)c2c(C)cc(C)nc21)Cc1ccccc1. The molecule has 3 aromatic rings. The van der Waals surface area contributed by atoms with Gasteiger partial charge in [-0.15, -0.1) is 0 Å². The van der Waals surface area contributed by atoms with Crippen molar-refractivity contribution in [2.75, 3.05) is 36.5 Å². The minimum atomic E-state index is -0.000729. The maximum atomic E-state index is 13.4. The molecule has 2 aromatic carbocycles. The van der Waals surface area contributed by atoms with Crippen LogP contribution in [0.15, 0.2) is 60.7 Å². The summed E-state index contributed by atoms with van der Waals surface area (Å²) in [6.07, 6.45) is 0.973. The Morgan fingerprint density at radius 2 is 1.66 bits per heavy atom. The second-order valence-electron chi connectivity index (χ2n) is 8.49. The number of hydrogen-bond acceptors (Lipinski definition) is 4. The predicted molar refractivity (Wildman–Crippen MR) is 132 cm³/mol. The number of nitrogens with zero attached hydrogens (tertiary/aromatic N) is 4. The maximum absolute atomic E-state index is 13.4. The number of para-hydroxylation sites is 2. The Bertz CT molecular complexity index is 1100. The van der Waals surface area contributed by atoms with Gasteiger partial charge in [0.15, 0.2) is 0 Å². The van der Waals surface area contributed by atoms with Gasteiger partial charge in [-0.2, -0.15) is 0 Å². The van der Waals surface area contributed by atoms with Crippen molar-refractivity contribution in [2.45, 2.75) is 33.7 Å². The molecule has 0 aliphatic carbocycles. The molecule has 1 aromatic heterocycles. The van der Waals surface area contributed by atoms with E-state index in [0.29, 0.717) is 5.56 Å². The van der Waals surface area contributed by atoms with Gasteiger partial charge in [0.2, 0.25) is 0 Å².